The molecule has 0 atom stereocenters. The van der Waals surface area contributed by atoms with E-state index >= 15 is 0 Å². The zero-order valence-electron chi connectivity index (χ0n) is 8.56. The maximum absolute atomic E-state index is 3.74. The number of halogens is 1. The highest BCUT2D eigenvalue weighted by Gasteiger charge is 2.06. The third-order valence-corrected chi connectivity index (χ3v) is 4.07. The summed E-state index contributed by atoms with van der Waals surface area (Å²) in [6.07, 6.45) is 9.40. The van der Waals surface area contributed by atoms with Gasteiger partial charge in [-0.1, -0.05) is 53.4 Å². The van der Waals surface area contributed by atoms with Crippen LogP contribution in [0.1, 0.15) is 43.2 Å². The second-order valence-corrected chi connectivity index (χ2v) is 4.95. The summed E-state index contributed by atoms with van der Waals surface area (Å²) in [6.45, 7) is 0. The fourth-order valence-electron chi connectivity index (χ4n) is 2.18. The van der Waals surface area contributed by atoms with Crippen molar-refractivity contribution < 1.29 is 0 Å². The zero-order valence-corrected chi connectivity index (χ0v) is 10.1. The molecule has 0 heterocycles. The van der Waals surface area contributed by atoms with Crippen LogP contribution in [-0.2, 0) is 12.8 Å². The number of benzene rings is 1. The molecule has 14 heavy (non-hydrogen) atoms. The predicted octanol–water partition coefficient (Wildman–Crippen LogP) is 4.50. The van der Waals surface area contributed by atoms with Crippen molar-refractivity contribution in [3.63, 3.8) is 0 Å². The van der Waals surface area contributed by atoms with Gasteiger partial charge in [0.2, 0.25) is 0 Å². The van der Waals surface area contributed by atoms with Gasteiger partial charge in [0.1, 0.15) is 0 Å². The van der Waals surface area contributed by atoms with Gasteiger partial charge in [-0.15, -0.1) is 0 Å². The highest BCUT2D eigenvalue weighted by atomic mass is 79.9. The Bertz CT molecular complexity index is 278. The second kappa shape index (κ2) is 4.97. The van der Waals surface area contributed by atoms with Gasteiger partial charge in [0, 0.05) is 4.47 Å². The third kappa shape index (κ3) is 2.38. The van der Waals surface area contributed by atoms with Gasteiger partial charge in [-0.3, -0.25) is 0 Å². The molecule has 0 unspecified atom stereocenters. The number of hydrogen-bond donors (Lipinski definition) is 0. The van der Waals surface area contributed by atoms with Gasteiger partial charge < -0.3 is 0 Å². The van der Waals surface area contributed by atoms with E-state index in [2.05, 4.69) is 34.1 Å². The molecule has 1 aliphatic rings. The van der Waals surface area contributed by atoms with Crippen LogP contribution in [0.3, 0.4) is 0 Å². The average molecular weight is 253 g/mol. The Kier molecular flexibility index (Phi) is 3.63. The van der Waals surface area contributed by atoms with E-state index in [1.54, 1.807) is 0 Å². The van der Waals surface area contributed by atoms with Gasteiger partial charge in [-0.2, -0.15) is 0 Å². The zero-order chi connectivity index (χ0) is 9.80. The van der Waals surface area contributed by atoms with Gasteiger partial charge in [0.15, 0.2) is 0 Å². The van der Waals surface area contributed by atoms with Crippen LogP contribution in [0.2, 0.25) is 0 Å². The van der Waals surface area contributed by atoms with E-state index in [1.165, 1.54) is 60.5 Å². The van der Waals surface area contributed by atoms with E-state index in [4.69, 9.17) is 0 Å². The summed E-state index contributed by atoms with van der Waals surface area (Å²) in [7, 11) is 0. The van der Waals surface area contributed by atoms with Crippen LogP contribution >= 0.6 is 15.9 Å². The summed E-state index contributed by atoms with van der Waals surface area (Å²) in [5, 5.41) is 0. The lowest BCUT2D eigenvalue weighted by molar-refractivity contribution is 0.606. The monoisotopic (exact) mass is 252 g/mol. The van der Waals surface area contributed by atoms with Crippen LogP contribution in [0.15, 0.2) is 22.7 Å². The largest absolute Gasteiger partial charge is 0.0616 e. The number of rotatable bonds is 0. The normalized spacial score (nSPS) is 17.8. The first-order chi connectivity index (χ1) is 6.88. The van der Waals surface area contributed by atoms with Crippen molar-refractivity contribution in [2.45, 2.75) is 44.9 Å². The van der Waals surface area contributed by atoms with E-state index in [0.717, 1.165) is 0 Å². The fourth-order valence-corrected chi connectivity index (χ4v) is 2.84. The first-order valence-corrected chi connectivity index (χ1v) is 6.43. The topological polar surface area (TPSA) is 0 Å². The first-order valence-electron chi connectivity index (χ1n) is 5.64. The summed E-state index contributed by atoms with van der Waals surface area (Å²) < 4.78 is 1.38. The van der Waals surface area contributed by atoms with Crippen LogP contribution < -0.4 is 0 Å². The van der Waals surface area contributed by atoms with Crippen LogP contribution in [0.5, 0.6) is 0 Å². The van der Waals surface area contributed by atoms with E-state index in [9.17, 15) is 0 Å². The standard InChI is InChI=1S/C13H17Br/c14-13-11-7-4-2-1-3-5-8-12(13)10-6-9-11/h6,9-10H,1-5,7-8H2. The van der Waals surface area contributed by atoms with Crippen LogP contribution in [0.25, 0.3) is 0 Å². The van der Waals surface area contributed by atoms with Crippen molar-refractivity contribution in [2.24, 2.45) is 0 Å². The van der Waals surface area contributed by atoms with Gasteiger partial charge in [0.05, 0.1) is 0 Å². The number of aryl methyl sites for hydroxylation is 2. The van der Waals surface area contributed by atoms with E-state index in [0.29, 0.717) is 0 Å². The van der Waals surface area contributed by atoms with Gasteiger partial charge in [-0.25, -0.2) is 0 Å². The molecule has 0 nitrogen and oxygen atoms in total. The molecule has 0 amide bonds. The average Bonchev–Trinajstić information content (AvgIpc) is 2.18. The van der Waals surface area contributed by atoms with Crippen LogP contribution in [-0.4, -0.2) is 0 Å². The molecule has 0 radical (unpaired) electrons. The highest BCUT2D eigenvalue weighted by molar-refractivity contribution is 9.10. The minimum absolute atomic E-state index is 1.24. The summed E-state index contributed by atoms with van der Waals surface area (Å²) >= 11 is 3.74. The van der Waals surface area contributed by atoms with Gasteiger partial charge in [-0.05, 0) is 36.8 Å². The highest BCUT2D eigenvalue weighted by Crippen LogP contribution is 2.26. The van der Waals surface area contributed by atoms with Gasteiger partial charge >= 0.3 is 0 Å². The lowest BCUT2D eigenvalue weighted by Gasteiger charge is -2.12. The first kappa shape index (κ1) is 10.2. The predicted molar refractivity (Wildman–Crippen MR) is 64.6 cm³/mol. The molecular formula is C13H17Br. The summed E-state index contributed by atoms with van der Waals surface area (Å²) in [5.74, 6) is 0. The Labute approximate surface area is 94.8 Å². The van der Waals surface area contributed by atoms with Crippen molar-refractivity contribution in [3.8, 4) is 0 Å². The molecule has 1 aromatic carbocycles. The Morgan fingerprint density at radius 1 is 0.786 bits per heavy atom. The molecule has 76 valence electrons. The van der Waals surface area contributed by atoms with Crippen molar-refractivity contribution >= 4 is 15.9 Å². The molecule has 1 heteroatoms. The summed E-state index contributed by atoms with van der Waals surface area (Å²) in [6, 6.07) is 6.72. The number of fused-ring (bicyclic) bond motifs is 2. The Morgan fingerprint density at radius 2 is 1.29 bits per heavy atom. The van der Waals surface area contributed by atoms with E-state index < -0.39 is 0 Å². The smallest absolute Gasteiger partial charge is 0.0239 e. The van der Waals surface area contributed by atoms with Crippen molar-refractivity contribution in [1.29, 1.82) is 0 Å². The molecule has 0 saturated heterocycles. The molecule has 2 rings (SSSR count). The fraction of sp³-hybridized carbons (Fsp3) is 0.538. The Morgan fingerprint density at radius 3 is 1.86 bits per heavy atom. The third-order valence-electron chi connectivity index (χ3n) is 3.05. The van der Waals surface area contributed by atoms with Gasteiger partial charge in [0.25, 0.3) is 0 Å². The molecule has 0 saturated carbocycles. The quantitative estimate of drug-likeness (QED) is 0.638. The second-order valence-electron chi connectivity index (χ2n) is 4.16. The Balaban J connectivity index is 2.25. The van der Waals surface area contributed by atoms with E-state index in [-0.39, 0.29) is 0 Å². The van der Waals surface area contributed by atoms with Crippen molar-refractivity contribution in [1.82, 2.24) is 0 Å². The molecule has 0 aliphatic heterocycles. The van der Waals surface area contributed by atoms with Crippen molar-refractivity contribution in [3.05, 3.63) is 33.8 Å². The molecular weight excluding hydrogens is 236 g/mol. The summed E-state index contributed by atoms with van der Waals surface area (Å²) in [5.41, 5.74) is 3.01. The minimum atomic E-state index is 1.24. The maximum atomic E-state index is 3.74. The minimum Gasteiger partial charge on any atom is -0.0616 e. The number of hydrogen-bond acceptors (Lipinski definition) is 0. The Hall–Kier alpha value is -0.300. The molecule has 2 bridgehead atoms. The van der Waals surface area contributed by atoms with E-state index in [1.807, 2.05) is 0 Å². The molecule has 0 N–H and O–H groups in total. The van der Waals surface area contributed by atoms with Crippen LogP contribution in [0, 0.1) is 0 Å². The molecule has 0 spiro atoms. The molecule has 0 fully saturated rings. The molecule has 1 aliphatic carbocycles. The summed E-state index contributed by atoms with van der Waals surface area (Å²) in [4.78, 5) is 0. The maximum Gasteiger partial charge on any atom is 0.0239 e. The van der Waals surface area contributed by atoms with Crippen molar-refractivity contribution in [2.75, 3.05) is 0 Å². The van der Waals surface area contributed by atoms with Crippen LogP contribution in [0.4, 0.5) is 0 Å². The lowest BCUT2D eigenvalue weighted by atomic mass is 9.98. The lowest BCUT2D eigenvalue weighted by Crippen LogP contribution is -1.96. The molecule has 0 aromatic heterocycles. The molecule has 1 aromatic rings. The SMILES string of the molecule is Brc1c2cccc1CCCCCCC2.